The number of hydrogen-bond donors (Lipinski definition) is 1. The molecule has 1 fully saturated rings. The molecular weight excluding hydrogens is 435 g/mol. The second-order valence-corrected chi connectivity index (χ2v) is 8.58. The van der Waals surface area contributed by atoms with Crippen LogP contribution >= 0.6 is 11.6 Å². The van der Waals surface area contributed by atoms with Gasteiger partial charge in [0.25, 0.3) is 5.91 Å². The number of nitrogens with one attached hydrogen (secondary N) is 1. The van der Waals surface area contributed by atoms with Crippen LogP contribution in [0.3, 0.4) is 0 Å². The Bertz CT molecular complexity index is 1290. The molecule has 7 nitrogen and oxygen atoms in total. The van der Waals surface area contributed by atoms with Gasteiger partial charge in [0, 0.05) is 48.7 Å². The van der Waals surface area contributed by atoms with Gasteiger partial charge in [-0.2, -0.15) is 9.61 Å². The molecule has 164 valence electrons. The van der Waals surface area contributed by atoms with E-state index in [0.29, 0.717) is 40.8 Å². The Morgan fingerprint density at radius 3 is 2.70 bits per heavy atom. The number of piperidine rings is 1. The van der Waals surface area contributed by atoms with E-state index < -0.39 is 0 Å². The van der Waals surface area contributed by atoms with Crippen LogP contribution in [0.25, 0.3) is 16.9 Å². The molecule has 1 aliphatic rings. The fourth-order valence-corrected chi connectivity index (χ4v) is 4.39. The summed E-state index contributed by atoms with van der Waals surface area (Å²) in [6.07, 6.45) is 5.08. The molecule has 4 heterocycles. The zero-order valence-electron chi connectivity index (χ0n) is 18.0. The first kappa shape index (κ1) is 21.5. The number of likely N-dealkylation sites (tertiary alicyclic amines) is 1. The third-order valence-electron chi connectivity index (χ3n) is 6.01. The van der Waals surface area contributed by atoms with Crippen molar-refractivity contribution in [3.8, 4) is 11.3 Å². The van der Waals surface area contributed by atoms with Crippen molar-refractivity contribution in [2.45, 2.75) is 12.8 Å². The molecule has 0 saturated carbocycles. The standard InChI is InChI=1S/C24H22BClN6O/c25-18-15-29-32-22(13-21(30-23(18)32)17-5-1-2-6-19(17)26)28-14-16-8-11-31(12-9-16)24(33)20-7-3-4-10-27-20/h1-7,10,13,15-16,28H,8-9,11-12,14H2. The molecule has 0 atom stereocenters. The van der Waals surface area contributed by atoms with E-state index >= 15 is 0 Å². The number of aromatic nitrogens is 4. The van der Waals surface area contributed by atoms with Crippen LogP contribution in [0.5, 0.6) is 0 Å². The van der Waals surface area contributed by atoms with E-state index in [1.54, 1.807) is 23.0 Å². The highest BCUT2D eigenvalue weighted by molar-refractivity contribution is 6.36. The minimum absolute atomic E-state index is 0.00532. The minimum Gasteiger partial charge on any atom is -0.370 e. The van der Waals surface area contributed by atoms with Crippen molar-refractivity contribution in [3.05, 3.63) is 71.6 Å². The average molecular weight is 457 g/mol. The Morgan fingerprint density at radius 1 is 1.15 bits per heavy atom. The summed E-state index contributed by atoms with van der Waals surface area (Å²) in [6, 6.07) is 15.0. The molecule has 4 aromatic rings. The molecule has 1 saturated heterocycles. The van der Waals surface area contributed by atoms with E-state index in [9.17, 15) is 4.79 Å². The number of hydrogen-bond acceptors (Lipinski definition) is 5. The van der Waals surface area contributed by atoms with E-state index in [-0.39, 0.29) is 5.91 Å². The predicted octanol–water partition coefficient (Wildman–Crippen LogP) is 3.20. The molecule has 0 bridgehead atoms. The van der Waals surface area contributed by atoms with Crippen molar-refractivity contribution in [2.24, 2.45) is 5.92 Å². The van der Waals surface area contributed by atoms with E-state index in [0.717, 1.165) is 36.5 Å². The van der Waals surface area contributed by atoms with Gasteiger partial charge in [-0.25, -0.2) is 4.98 Å². The van der Waals surface area contributed by atoms with Gasteiger partial charge < -0.3 is 10.2 Å². The highest BCUT2D eigenvalue weighted by Gasteiger charge is 2.24. The quantitative estimate of drug-likeness (QED) is 0.467. The van der Waals surface area contributed by atoms with Gasteiger partial charge in [-0.1, -0.05) is 35.9 Å². The molecule has 1 N–H and O–H groups in total. The molecule has 0 spiro atoms. The van der Waals surface area contributed by atoms with Crippen LogP contribution in [-0.4, -0.2) is 57.9 Å². The number of rotatable bonds is 5. The highest BCUT2D eigenvalue weighted by atomic mass is 35.5. The number of pyridine rings is 1. The number of carbonyl (C=O) groups excluding carboxylic acids is 1. The van der Waals surface area contributed by atoms with E-state index in [1.165, 1.54) is 0 Å². The number of halogens is 1. The normalized spacial score (nSPS) is 14.5. The Morgan fingerprint density at radius 2 is 1.94 bits per heavy atom. The van der Waals surface area contributed by atoms with Crippen molar-refractivity contribution in [1.82, 2.24) is 24.5 Å². The lowest BCUT2D eigenvalue weighted by Crippen LogP contribution is -2.40. The lowest BCUT2D eigenvalue weighted by molar-refractivity contribution is 0.0689. The summed E-state index contributed by atoms with van der Waals surface area (Å²) in [5, 5.41) is 8.53. The molecule has 5 rings (SSSR count). The van der Waals surface area contributed by atoms with Crippen molar-refractivity contribution in [2.75, 3.05) is 25.0 Å². The average Bonchev–Trinajstić information content (AvgIpc) is 3.24. The van der Waals surface area contributed by atoms with Gasteiger partial charge in [0.05, 0.1) is 5.69 Å². The molecule has 33 heavy (non-hydrogen) atoms. The Balaban J connectivity index is 1.29. The van der Waals surface area contributed by atoms with Crippen molar-refractivity contribution < 1.29 is 4.79 Å². The molecule has 1 aromatic carbocycles. The number of fused-ring (bicyclic) bond motifs is 1. The maximum atomic E-state index is 12.6. The van der Waals surface area contributed by atoms with E-state index in [4.69, 9.17) is 19.4 Å². The summed E-state index contributed by atoms with van der Waals surface area (Å²) >= 11 is 6.41. The number of benzene rings is 1. The summed E-state index contributed by atoms with van der Waals surface area (Å²) in [5.41, 5.74) is 3.17. The SMILES string of the molecule is [B]c1cnn2c(NCC3CCN(C(=O)c4ccccn4)CC3)cc(-c3ccccc3Cl)nc12. The summed E-state index contributed by atoms with van der Waals surface area (Å²) in [5.74, 6) is 1.23. The van der Waals surface area contributed by atoms with Crippen LogP contribution in [0.15, 0.2) is 60.9 Å². The molecular formula is C24H22BClN6O. The van der Waals surface area contributed by atoms with E-state index in [2.05, 4.69) is 20.4 Å². The zero-order valence-corrected chi connectivity index (χ0v) is 18.7. The minimum atomic E-state index is -0.00532. The predicted molar refractivity (Wildman–Crippen MR) is 130 cm³/mol. The molecule has 3 aromatic heterocycles. The topological polar surface area (TPSA) is 75.4 Å². The molecule has 1 amide bonds. The van der Waals surface area contributed by atoms with Gasteiger partial charge in [0.2, 0.25) is 0 Å². The number of amides is 1. The first-order valence-corrected chi connectivity index (χ1v) is 11.3. The van der Waals surface area contributed by atoms with Gasteiger partial charge in [-0.3, -0.25) is 9.78 Å². The van der Waals surface area contributed by atoms with Gasteiger partial charge >= 0.3 is 0 Å². The summed E-state index contributed by atoms with van der Waals surface area (Å²) in [7, 11) is 6.11. The zero-order chi connectivity index (χ0) is 22.8. The fraction of sp³-hybridized carbons (Fsp3) is 0.250. The second-order valence-electron chi connectivity index (χ2n) is 8.17. The summed E-state index contributed by atoms with van der Waals surface area (Å²) in [4.78, 5) is 23.4. The Kier molecular flexibility index (Phi) is 6.00. The maximum absolute atomic E-state index is 12.6. The maximum Gasteiger partial charge on any atom is 0.272 e. The molecule has 0 aliphatic carbocycles. The van der Waals surface area contributed by atoms with Crippen LogP contribution in [0.2, 0.25) is 5.02 Å². The molecule has 2 radical (unpaired) electrons. The van der Waals surface area contributed by atoms with Gasteiger partial charge in [-0.05, 0) is 42.4 Å². The van der Waals surface area contributed by atoms with Gasteiger partial charge in [0.1, 0.15) is 19.4 Å². The third-order valence-corrected chi connectivity index (χ3v) is 6.34. The van der Waals surface area contributed by atoms with Crippen molar-refractivity contribution in [3.63, 3.8) is 0 Å². The summed E-state index contributed by atoms with van der Waals surface area (Å²) in [6.45, 7) is 2.19. The van der Waals surface area contributed by atoms with Crippen LogP contribution in [0.1, 0.15) is 23.3 Å². The van der Waals surface area contributed by atoms with Crippen LogP contribution in [-0.2, 0) is 0 Å². The Hall–Kier alpha value is -3.39. The van der Waals surface area contributed by atoms with Gasteiger partial charge in [0.15, 0.2) is 5.65 Å². The smallest absolute Gasteiger partial charge is 0.272 e. The third kappa shape index (κ3) is 4.43. The van der Waals surface area contributed by atoms with Crippen molar-refractivity contribution >= 4 is 42.3 Å². The highest BCUT2D eigenvalue weighted by Crippen LogP contribution is 2.28. The van der Waals surface area contributed by atoms with Crippen molar-refractivity contribution in [1.29, 1.82) is 0 Å². The van der Waals surface area contributed by atoms with Crippen LogP contribution in [0.4, 0.5) is 5.82 Å². The van der Waals surface area contributed by atoms with E-state index in [1.807, 2.05) is 47.4 Å². The number of carbonyl (C=O) groups is 1. The first-order valence-electron chi connectivity index (χ1n) is 10.9. The lowest BCUT2D eigenvalue weighted by Gasteiger charge is -2.32. The molecule has 9 heteroatoms. The van der Waals surface area contributed by atoms with Gasteiger partial charge in [-0.15, -0.1) is 0 Å². The molecule has 1 aliphatic heterocycles. The number of nitrogens with zero attached hydrogens (tertiary/aromatic N) is 5. The van der Waals surface area contributed by atoms with Crippen LogP contribution in [0, 0.1) is 5.92 Å². The summed E-state index contributed by atoms with van der Waals surface area (Å²) < 4.78 is 1.72. The molecule has 0 unspecified atom stereocenters. The van der Waals surface area contributed by atoms with Crippen LogP contribution < -0.4 is 10.8 Å². The Labute approximate surface area is 198 Å². The first-order chi connectivity index (χ1) is 16.1. The number of anilines is 1. The fourth-order valence-electron chi connectivity index (χ4n) is 4.15. The second kappa shape index (κ2) is 9.23. The largest absolute Gasteiger partial charge is 0.370 e. The lowest BCUT2D eigenvalue weighted by atomic mass is 9.96. The monoisotopic (exact) mass is 456 g/mol.